The number of hydrogen-bond acceptors (Lipinski definition) is 6. The van der Waals surface area contributed by atoms with Gasteiger partial charge in [-0.15, -0.1) is 0 Å². The summed E-state index contributed by atoms with van der Waals surface area (Å²) in [5, 5.41) is 0. The van der Waals surface area contributed by atoms with E-state index < -0.39 is 0 Å². The molecule has 4 heterocycles. The smallest absolute Gasteiger partial charge is 0.251 e. The van der Waals surface area contributed by atoms with Gasteiger partial charge in [-0.25, -0.2) is 0 Å². The normalized spacial score (nSPS) is 17.9. The number of carbonyl (C=O) groups excluding carboxylic acids is 1. The maximum Gasteiger partial charge on any atom is 0.251 e. The molecular weight excluding hydrogens is 598 g/mol. The highest BCUT2D eigenvalue weighted by Crippen LogP contribution is 2.49. The predicted octanol–water partition coefficient (Wildman–Crippen LogP) is 7.70. The van der Waals surface area contributed by atoms with E-state index in [4.69, 9.17) is 9.47 Å². The molecule has 48 heavy (non-hydrogen) atoms. The number of ketones is 1. The van der Waals surface area contributed by atoms with E-state index in [1.54, 1.807) is 0 Å². The molecule has 1 N–H and O–H groups in total. The van der Waals surface area contributed by atoms with Gasteiger partial charge in [0, 0.05) is 92.1 Å². The highest BCUT2D eigenvalue weighted by Gasteiger charge is 2.44. The number of benzene rings is 2. The lowest BCUT2D eigenvalue weighted by Crippen LogP contribution is -2.41. The van der Waals surface area contributed by atoms with Gasteiger partial charge >= 0.3 is 0 Å². The number of anilines is 2. The van der Waals surface area contributed by atoms with Crippen LogP contribution in [0.15, 0.2) is 41.2 Å². The fourth-order valence-electron chi connectivity index (χ4n) is 8.50. The molecule has 3 aliphatic rings. The van der Waals surface area contributed by atoms with Crippen LogP contribution in [-0.4, -0.2) is 62.9 Å². The number of aromatic amines is 1. The molecule has 3 aromatic rings. The minimum absolute atomic E-state index is 0.0784. The molecule has 0 amide bonds. The van der Waals surface area contributed by atoms with E-state index in [2.05, 4.69) is 79.7 Å². The minimum Gasteiger partial charge on any atom is -0.381 e. The maximum absolute atomic E-state index is 14.2. The number of nitrogens with one attached hydrogen (secondary N) is 1. The van der Waals surface area contributed by atoms with Gasteiger partial charge in [0.25, 0.3) is 5.56 Å². The number of rotatable bonds is 9. The van der Waals surface area contributed by atoms with Gasteiger partial charge in [-0.2, -0.15) is 0 Å². The summed E-state index contributed by atoms with van der Waals surface area (Å²) in [7, 11) is 0. The standard InChI is InChI=1S/C41H55N3O4/c1-8-44(32-13-17-47-18-14-32)36-24-31(22-34(29(36)4)38(45)12-10-33-27(2)21-28(3)42-39(33)46)30-9-11-35-37(23-30)43(25-40(5,6)7)26-41(35)15-19-48-20-16-41/h9,11,21-24,32H,8,10,12-20,25-26H2,1-7H3,(H,42,46). The molecule has 0 atom stereocenters. The largest absolute Gasteiger partial charge is 0.381 e. The van der Waals surface area contributed by atoms with Crippen molar-refractivity contribution in [2.24, 2.45) is 5.41 Å². The summed E-state index contributed by atoms with van der Waals surface area (Å²) >= 11 is 0. The molecule has 258 valence electrons. The maximum atomic E-state index is 14.2. The second-order valence-electron chi connectivity index (χ2n) is 15.7. The molecule has 7 heteroatoms. The Bertz CT molecular complexity index is 1710. The lowest BCUT2D eigenvalue weighted by molar-refractivity contribution is 0.0550. The highest BCUT2D eigenvalue weighted by molar-refractivity contribution is 6.00. The van der Waals surface area contributed by atoms with Crippen molar-refractivity contribution in [3.8, 4) is 11.1 Å². The zero-order valence-electron chi connectivity index (χ0n) is 30.3. The van der Waals surface area contributed by atoms with Crippen molar-refractivity contribution in [2.75, 3.05) is 55.9 Å². The quantitative estimate of drug-likeness (QED) is 0.239. The summed E-state index contributed by atoms with van der Waals surface area (Å²) in [6.45, 7) is 21.1. The summed E-state index contributed by atoms with van der Waals surface area (Å²) in [4.78, 5) is 35.0. The average molecular weight is 654 g/mol. The van der Waals surface area contributed by atoms with Crippen molar-refractivity contribution < 1.29 is 14.3 Å². The number of nitrogens with zero attached hydrogens (tertiary/aromatic N) is 2. The Hall–Kier alpha value is -3.42. The Balaban J connectivity index is 1.42. The molecule has 2 saturated heterocycles. The highest BCUT2D eigenvalue weighted by atomic mass is 16.5. The monoisotopic (exact) mass is 653 g/mol. The van der Waals surface area contributed by atoms with Crippen LogP contribution in [-0.2, 0) is 21.3 Å². The van der Waals surface area contributed by atoms with E-state index in [0.717, 1.165) is 111 Å². The summed E-state index contributed by atoms with van der Waals surface area (Å²) in [5.74, 6) is 0.0784. The second-order valence-corrected chi connectivity index (χ2v) is 15.7. The summed E-state index contributed by atoms with van der Waals surface area (Å²) < 4.78 is 11.6. The van der Waals surface area contributed by atoms with Crippen molar-refractivity contribution in [1.29, 1.82) is 0 Å². The Kier molecular flexibility index (Phi) is 9.93. The van der Waals surface area contributed by atoms with Gasteiger partial charge in [-0.3, -0.25) is 9.59 Å². The molecular formula is C41H55N3O4. The van der Waals surface area contributed by atoms with Crippen LogP contribution >= 0.6 is 0 Å². The number of carbonyl (C=O) groups is 1. The van der Waals surface area contributed by atoms with Crippen LogP contribution in [0.3, 0.4) is 0 Å². The Morgan fingerprint density at radius 2 is 1.69 bits per heavy atom. The van der Waals surface area contributed by atoms with E-state index in [-0.39, 0.29) is 28.6 Å². The second kappa shape index (κ2) is 13.8. The van der Waals surface area contributed by atoms with Gasteiger partial charge in [0.1, 0.15) is 0 Å². The molecule has 1 aromatic heterocycles. The van der Waals surface area contributed by atoms with E-state index in [9.17, 15) is 9.59 Å². The molecule has 0 bridgehead atoms. The molecule has 2 fully saturated rings. The third-order valence-corrected chi connectivity index (χ3v) is 10.9. The molecule has 0 unspecified atom stereocenters. The molecule has 1 spiro atoms. The van der Waals surface area contributed by atoms with Gasteiger partial charge < -0.3 is 24.3 Å². The van der Waals surface area contributed by atoms with Crippen LogP contribution < -0.4 is 15.4 Å². The minimum atomic E-state index is -0.0941. The van der Waals surface area contributed by atoms with Crippen LogP contribution in [0.2, 0.25) is 0 Å². The number of Topliss-reactive ketones (excluding diaryl/α,β-unsaturated/α-hetero) is 1. The first-order valence-electron chi connectivity index (χ1n) is 18.1. The fraction of sp³-hybridized carbons (Fsp3) is 0.561. The van der Waals surface area contributed by atoms with Crippen molar-refractivity contribution in [1.82, 2.24) is 4.98 Å². The van der Waals surface area contributed by atoms with Crippen molar-refractivity contribution >= 4 is 17.2 Å². The first kappa shape index (κ1) is 34.4. The summed E-state index contributed by atoms with van der Waals surface area (Å²) in [6, 6.07) is 13.8. The van der Waals surface area contributed by atoms with Gasteiger partial charge in [-0.1, -0.05) is 32.9 Å². The van der Waals surface area contributed by atoms with Gasteiger partial charge in [-0.05, 0) is 117 Å². The molecule has 6 rings (SSSR count). The third-order valence-electron chi connectivity index (χ3n) is 10.9. The van der Waals surface area contributed by atoms with E-state index in [1.165, 1.54) is 11.3 Å². The Morgan fingerprint density at radius 3 is 2.35 bits per heavy atom. The predicted molar refractivity (Wildman–Crippen MR) is 196 cm³/mol. The molecule has 7 nitrogen and oxygen atoms in total. The van der Waals surface area contributed by atoms with Crippen LogP contribution in [0.4, 0.5) is 11.4 Å². The Labute approximate surface area is 287 Å². The number of hydrogen-bond donors (Lipinski definition) is 1. The summed E-state index contributed by atoms with van der Waals surface area (Å²) in [6.07, 6.45) is 4.75. The zero-order valence-corrected chi connectivity index (χ0v) is 30.3. The van der Waals surface area contributed by atoms with Crippen LogP contribution in [0.1, 0.15) is 98.1 Å². The first-order valence-corrected chi connectivity index (χ1v) is 18.1. The lowest BCUT2D eigenvalue weighted by atomic mass is 9.75. The van der Waals surface area contributed by atoms with Gasteiger partial charge in [0.05, 0.1) is 0 Å². The van der Waals surface area contributed by atoms with Crippen LogP contribution in [0, 0.1) is 26.2 Å². The van der Waals surface area contributed by atoms with Crippen LogP contribution in [0.25, 0.3) is 11.1 Å². The molecule has 0 aliphatic carbocycles. The number of aromatic nitrogens is 1. The van der Waals surface area contributed by atoms with Gasteiger partial charge in [0.15, 0.2) is 5.78 Å². The van der Waals surface area contributed by atoms with Gasteiger partial charge in [0.2, 0.25) is 0 Å². The van der Waals surface area contributed by atoms with Crippen molar-refractivity contribution in [2.45, 2.75) is 98.4 Å². The first-order chi connectivity index (χ1) is 22.9. The lowest BCUT2D eigenvalue weighted by Gasteiger charge is -2.37. The number of aryl methyl sites for hydroxylation is 2. The summed E-state index contributed by atoms with van der Waals surface area (Å²) in [5.41, 5.74) is 10.5. The van der Waals surface area contributed by atoms with Crippen molar-refractivity contribution in [3.63, 3.8) is 0 Å². The number of H-pyrrole nitrogens is 1. The SMILES string of the molecule is CCN(c1cc(-c2ccc3c(c2)N(CC(C)(C)C)CC32CCOCC2)cc(C(=O)CCc2c(C)cc(C)[nH]c2=O)c1C)C1CCOCC1. The number of pyridine rings is 1. The van der Waals surface area contributed by atoms with E-state index >= 15 is 0 Å². The topological polar surface area (TPSA) is 74.9 Å². The number of ether oxygens (including phenoxy) is 2. The average Bonchev–Trinajstić information content (AvgIpc) is 3.32. The van der Waals surface area contributed by atoms with Crippen molar-refractivity contribution in [3.05, 3.63) is 80.3 Å². The zero-order chi connectivity index (χ0) is 34.2. The molecule has 3 aliphatic heterocycles. The molecule has 0 radical (unpaired) electrons. The Morgan fingerprint density at radius 1 is 0.979 bits per heavy atom. The van der Waals surface area contributed by atoms with Crippen LogP contribution in [0.5, 0.6) is 0 Å². The third kappa shape index (κ3) is 7.00. The van der Waals surface area contributed by atoms with E-state index in [0.29, 0.717) is 18.0 Å². The van der Waals surface area contributed by atoms with E-state index in [1.807, 2.05) is 19.9 Å². The molecule has 0 saturated carbocycles. The fourth-order valence-corrected chi connectivity index (χ4v) is 8.50. The number of fused-ring (bicyclic) bond motifs is 2. The molecule has 2 aromatic carbocycles.